The molecule has 0 aromatic carbocycles. The molecule has 600 valence electrons. The normalized spacial score (nSPS) is 14.3. The summed E-state index contributed by atoms with van der Waals surface area (Å²) in [6.07, 6.45) is 58.6. The van der Waals surface area contributed by atoms with Crippen LogP contribution in [0.4, 0.5) is 0 Å². The third-order valence-electron chi connectivity index (χ3n) is 19.4. The van der Waals surface area contributed by atoms with Crippen molar-refractivity contribution in [3.63, 3.8) is 0 Å². The molecule has 101 heavy (non-hydrogen) atoms. The predicted octanol–water partition coefficient (Wildman–Crippen LogP) is 24.4. The van der Waals surface area contributed by atoms with E-state index in [1.54, 1.807) is 0 Å². The molecule has 0 aromatic heterocycles. The van der Waals surface area contributed by atoms with Crippen molar-refractivity contribution in [3.8, 4) is 0 Å². The summed E-state index contributed by atoms with van der Waals surface area (Å²) in [6, 6.07) is 0. The van der Waals surface area contributed by atoms with Crippen LogP contribution in [0, 0.1) is 23.7 Å². The van der Waals surface area contributed by atoms with E-state index < -0.39 is 97.5 Å². The number of hydrogen-bond acceptors (Lipinski definition) is 15. The largest absolute Gasteiger partial charge is 0.472 e. The fourth-order valence-corrected chi connectivity index (χ4v) is 14.2. The molecule has 0 aliphatic carbocycles. The Hall–Kier alpha value is -1.94. The van der Waals surface area contributed by atoms with Crippen molar-refractivity contribution in [2.75, 3.05) is 39.6 Å². The molecule has 19 heteroatoms. The van der Waals surface area contributed by atoms with Gasteiger partial charge in [-0.2, -0.15) is 0 Å². The predicted molar refractivity (Wildman–Crippen MR) is 414 cm³/mol. The van der Waals surface area contributed by atoms with Gasteiger partial charge in [0.05, 0.1) is 26.4 Å². The van der Waals surface area contributed by atoms with E-state index in [0.29, 0.717) is 31.6 Å². The molecular formula is C82H160O17P2. The van der Waals surface area contributed by atoms with E-state index in [4.69, 9.17) is 37.0 Å². The Kier molecular flexibility index (Phi) is 69.6. The van der Waals surface area contributed by atoms with Crippen LogP contribution >= 0.6 is 15.6 Å². The summed E-state index contributed by atoms with van der Waals surface area (Å²) in [5.41, 5.74) is 0. The highest BCUT2D eigenvalue weighted by Gasteiger charge is 2.30. The zero-order chi connectivity index (χ0) is 74.6. The molecule has 0 amide bonds. The number of rotatable bonds is 79. The van der Waals surface area contributed by atoms with Crippen molar-refractivity contribution in [1.29, 1.82) is 0 Å². The molecule has 0 fully saturated rings. The minimum atomic E-state index is -4.96. The number of esters is 4. The number of aliphatic hydroxyl groups is 1. The van der Waals surface area contributed by atoms with Crippen LogP contribution < -0.4 is 0 Å². The summed E-state index contributed by atoms with van der Waals surface area (Å²) in [7, 11) is -9.92. The Labute approximate surface area is 619 Å². The standard InChI is InChI=1S/C82H160O17P2/c1-9-75(8)61-53-45-36-32-33-39-49-57-65-82(87)99-77(68-92-79(84)62-54-46-37-30-26-22-18-13-11-10-12-16-20-24-28-34-42-50-58-72(2)3)70-96-100(88,89)94-66-76(83)67-95-101(90,91)97-71-78(69-93-80(85)63-55-47-41-40-44-52-60-74(6)7)98-81(86)64-56-48-38-31-27-23-19-15-14-17-21-25-29-35-43-51-59-73(4)5/h72-78,83H,9-71H2,1-8H3,(H,88,89)(H,90,91)/t75?,76?,77-,78-/m1/s1. The number of carbonyl (C=O) groups is 4. The molecule has 3 N–H and O–H groups in total. The highest BCUT2D eigenvalue weighted by atomic mass is 31.2. The quantitative estimate of drug-likeness (QED) is 0.0222. The van der Waals surface area contributed by atoms with E-state index in [1.807, 2.05) is 0 Å². The zero-order valence-electron chi connectivity index (χ0n) is 66.5. The van der Waals surface area contributed by atoms with Crippen LogP contribution in [-0.2, 0) is 65.4 Å². The Balaban J connectivity index is 5.15. The summed E-state index contributed by atoms with van der Waals surface area (Å²) < 4.78 is 68.7. The molecule has 0 aromatic rings. The molecule has 6 atom stereocenters. The first-order valence-corrected chi connectivity index (χ1v) is 45.2. The van der Waals surface area contributed by atoms with Crippen LogP contribution in [-0.4, -0.2) is 96.7 Å². The van der Waals surface area contributed by atoms with Gasteiger partial charge in [-0.05, 0) is 49.4 Å². The second-order valence-corrected chi connectivity index (χ2v) is 34.1. The van der Waals surface area contributed by atoms with E-state index in [0.717, 1.165) is 114 Å². The maximum absolute atomic E-state index is 13.1. The highest BCUT2D eigenvalue weighted by Crippen LogP contribution is 2.45. The fraction of sp³-hybridized carbons (Fsp3) is 0.951. The first-order valence-electron chi connectivity index (χ1n) is 42.2. The van der Waals surface area contributed by atoms with Crippen molar-refractivity contribution >= 4 is 39.5 Å². The minimum absolute atomic E-state index is 0.105. The van der Waals surface area contributed by atoms with Crippen molar-refractivity contribution in [3.05, 3.63) is 0 Å². The summed E-state index contributed by atoms with van der Waals surface area (Å²) >= 11 is 0. The van der Waals surface area contributed by atoms with Gasteiger partial charge < -0.3 is 33.8 Å². The van der Waals surface area contributed by atoms with Crippen LogP contribution in [0.5, 0.6) is 0 Å². The van der Waals surface area contributed by atoms with E-state index in [-0.39, 0.29) is 25.7 Å². The second-order valence-electron chi connectivity index (χ2n) is 31.2. The van der Waals surface area contributed by atoms with Gasteiger partial charge in [0.1, 0.15) is 19.3 Å². The molecule has 0 aliphatic heterocycles. The Morgan fingerprint density at radius 1 is 0.277 bits per heavy atom. The van der Waals surface area contributed by atoms with Gasteiger partial charge in [0.2, 0.25) is 0 Å². The Morgan fingerprint density at radius 3 is 0.703 bits per heavy atom. The van der Waals surface area contributed by atoms with Crippen molar-refractivity contribution in [1.82, 2.24) is 0 Å². The Morgan fingerprint density at radius 2 is 0.475 bits per heavy atom. The first kappa shape index (κ1) is 99.1. The first-order chi connectivity index (χ1) is 48.6. The molecule has 0 heterocycles. The molecule has 0 aliphatic rings. The van der Waals surface area contributed by atoms with Crippen LogP contribution in [0.3, 0.4) is 0 Å². The maximum Gasteiger partial charge on any atom is 0.472 e. The summed E-state index contributed by atoms with van der Waals surface area (Å²) in [4.78, 5) is 73.0. The third-order valence-corrected chi connectivity index (χ3v) is 21.3. The van der Waals surface area contributed by atoms with E-state index in [1.165, 1.54) is 218 Å². The number of hydrogen-bond donors (Lipinski definition) is 3. The molecule has 0 saturated carbocycles. The molecule has 0 saturated heterocycles. The van der Waals surface area contributed by atoms with Gasteiger partial charge >= 0.3 is 39.5 Å². The van der Waals surface area contributed by atoms with Gasteiger partial charge in [0, 0.05) is 25.7 Å². The highest BCUT2D eigenvalue weighted by molar-refractivity contribution is 7.47. The number of aliphatic hydroxyl groups excluding tert-OH is 1. The Bertz CT molecular complexity index is 1970. The second kappa shape index (κ2) is 71.0. The van der Waals surface area contributed by atoms with E-state index in [9.17, 15) is 43.2 Å². The van der Waals surface area contributed by atoms with E-state index in [2.05, 4.69) is 55.4 Å². The number of unbranched alkanes of at least 4 members (excludes halogenated alkanes) is 44. The molecule has 0 rings (SSSR count). The average molecular weight is 1480 g/mol. The van der Waals surface area contributed by atoms with Crippen molar-refractivity contribution in [2.24, 2.45) is 23.7 Å². The van der Waals surface area contributed by atoms with Gasteiger partial charge in [0.25, 0.3) is 0 Å². The third kappa shape index (κ3) is 74.7. The SMILES string of the molecule is CCC(C)CCCCCCCCCCC(=O)O[C@H](COC(=O)CCCCCCCCCCCCCCCCCCCCC(C)C)COP(=O)(O)OCC(O)COP(=O)(O)OC[C@@H](COC(=O)CCCCCCCCC(C)C)OC(=O)CCCCCCCCCCCCCCCCCCC(C)C. The number of ether oxygens (including phenoxy) is 4. The van der Waals surface area contributed by atoms with Gasteiger partial charge in [0.15, 0.2) is 12.2 Å². The number of phosphoric ester groups is 2. The van der Waals surface area contributed by atoms with E-state index >= 15 is 0 Å². The van der Waals surface area contributed by atoms with Gasteiger partial charge in [-0.25, -0.2) is 9.13 Å². The van der Waals surface area contributed by atoms with Gasteiger partial charge in [-0.3, -0.25) is 37.3 Å². The fourth-order valence-electron chi connectivity index (χ4n) is 12.6. The van der Waals surface area contributed by atoms with Crippen LogP contribution in [0.25, 0.3) is 0 Å². The minimum Gasteiger partial charge on any atom is -0.462 e. The lowest BCUT2D eigenvalue weighted by molar-refractivity contribution is -0.161. The van der Waals surface area contributed by atoms with Crippen molar-refractivity contribution in [2.45, 2.75) is 440 Å². The molecule has 4 unspecified atom stereocenters. The maximum atomic E-state index is 13.1. The number of phosphoric acid groups is 2. The average Bonchev–Trinajstić information content (AvgIpc) is 0.916. The monoisotopic (exact) mass is 1480 g/mol. The van der Waals surface area contributed by atoms with Crippen molar-refractivity contribution < 1.29 is 80.2 Å². The lowest BCUT2D eigenvalue weighted by Gasteiger charge is -2.21. The number of carbonyl (C=O) groups excluding carboxylic acids is 4. The van der Waals surface area contributed by atoms with Crippen LogP contribution in [0.2, 0.25) is 0 Å². The van der Waals surface area contributed by atoms with Gasteiger partial charge in [-0.15, -0.1) is 0 Å². The zero-order valence-corrected chi connectivity index (χ0v) is 68.3. The molecule has 17 nitrogen and oxygen atoms in total. The topological polar surface area (TPSA) is 237 Å². The molecule has 0 spiro atoms. The molecular weight excluding hydrogens is 1320 g/mol. The summed E-state index contributed by atoms with van der Waals surface area (Å²) in [6.45, 7) is 14.2. The molecule has 0 radical (unpaired) electrons. The van der Waals surface area contributed by atoms with Gasteiger partial charge in [-0.1, -0.05) is 370 Å². The van der Waals surface area contributed by atoms with Crippen LogP contribution in [0.15, 0.2) is 0 Å². The lowest BCUT2D eigenvalue weighted by atomic mass is 9.99. The van der Waals surface area contributed by atoms with Crippen LogP contribution in [0.1, 0.15) is 421 Å². The molecule has 0 bridgehead atoms. The summed E-state index contributed by atoms with van der Waals surface area (Å²) in [5, 5.41) is 10.6. The smallest absolute Gasteiger partial charge is 0.462 e. The lowest BCUT2D eigenvalue weighted by Crippen LogP contribution is -2.30. The summed E-state index contributed by atoms with van der Waals surface area (Å²) in [5.74, 6) is 0.964.